The monoisotopic (exact) mass is 491 g/mol. The Kier molecular flexibility index (Phi) is 10.7. The van der Waals surface area contributed by atoms with Crippen molar-refractivity contribution >= 4 is 39.5 Å². The Morgan fingerprint density at radius 3 is 2.00 bits per heavy atom. The van der Waals surface area contributed by atoms with Gasteiger partial charge in [0, 0.05) is 22.6 Å². The number of unbranched alkanes of at least 4 members (excludes halogenated alkanes) is 1. The highest BCUT2D eigenvalue weighted by Crippen LogP contribution is 2.41. The molecule has 1 rings (SSSR count). The first-order chi connectivity index (χ1) is 14.1. The van der Waals surface area contributed by atoms with E-state index in [2.05, 4.69) is 59.0 Å². The van der Waals surface area contributed by atoms with Crippen LogP contribution in [0.2, 0.25) is 0 Å². The van der Waals surface area contributed by atoms with Crippen LogP contribution in [0, 0.1) is 0 Å². The Morgan fingerprint density at radius 2 is 1.52 bits per heavy atom. The van der Waals surface area contributed by atoms with Gasteiger partial charge >= 0.3 is 0 Å². The molecule has 0 aliphatic carbocycles. The predicted molar refractivity (Wildman–Crippen MR) is 132 cm³/mol. The summed E-state index contributed by atoms with van der Waals surface area (Å²) in [6.07, 6.45) is 1.99. The topological polar surface area (TPSA) is 104 Å². The molecule has 0 atom stereocenters. The number of amides is 1. The molecular formula is C22H37NO5S3. The summed E-state index contributed by atoms with van der Waals surface area (Å²) in [4.78, 5) is 12.8. The Balaban J connectivity index is 2.45. The highest BCUT2D eigenvalue weighted by molar-refractivity contribution is 8.00. The third kappa shape index (κ3) is 11.0. The van der Waals surface area contributed by atoms with Crippen molar-refractivity contribution in [3.8, 4) is 5.75 Å². The van der Waals surface area contributed by atoms with Gasteiger partial charge in [-0.05, 0) is 47.3 Å². The smallest absolute Gasteiger partial charge is 0.266 e. The van der Waals surface area contributed by atoms with E-state index in [-0.39, 0.29) is 29.0 Å². The van der Waals surface area contributed by atoms with Crippen molar-refractivity contribution < 1.29 is 22.9 Å². The van der Waals surface area contributed by atoms with Crippen molar-refractivity contribution in [2.24, 2.45) is 0 Å². The van der Waals surface area contributed by atoms with Gasteiger partial charge in [0.25, 0.3) is 10.1 Å². The Morgan fingerprint density at radius 1 is 1.00 bits per heavy atom. The molecule has 0 bridgehead atoms. The van der Waals surface area contributed by atoms with E-state index in [1.807, 2.05) is 0 Å². The summed E-state index contributed by atoms with van der Waals surface area (Å²) in [7, 11) is -4.04. The molecule has 0 unspecified atom stereocenters. The van der Waals surface area contributed by atoms with Gasteiger partial charge in [-0.1, -0.05) is 41.5 Å². The van der Waals surface area contributed by atoms with Crippen LogP contribution in [0.3, 0.4) is 0 Å². The van der Waals surface area contributed by atoms with Gasteiger partial charge in [0.2, 0.25) is 5.91 Å². The lowest BCUT2D eigenvalue weighted by molar-refractivity contribution is -0.118. The van der Waals surface area contributed by atoms with Crippen molar-refractivity contribution in [1.29, 1.82) is 0 Å². The molecule has 0 aromatic heterocycles. The van der Waals surface area contributed by atoms with Gasteiger partial charge in [-0.25, -0.2) is 0 Å². The number of aromatic hydroxyl groups is 1. The van der Waals surface area contributed by atoms with Gasteiger partial charge in [0.05, 0.1) is 11.5 Å². The summed E-state index contributed by atoms with van der Waals surface area (Å²) in [6, 6.07) is 4.20. The molecule has 0 saturated carbocycles. The van der Waals surface area contributed by atoms with Crippen LogP contribution in [0.15, 0.2) is 17.0 Å². The molecule has 9 heteroatoms. The number of thioether (sulfide) groups is 2. The fraction of sp³-hybridized carbons (Fsp3) is 0.682. The average Bonchev–Trinajstić information content (AvgIpc) is 2.58. The van der Waals surface area contributed by atoms with Crippen molar-refractivity contribution in [1.82, 2.24) is 5.32 Å². The molecule has 1 aromatic rings. The first kappa shape index (κ1) is 28.1. The van der Waals surface area contributed by atoms with Crippen molar-refractivity contribution in [2.75, 3.05) is 29.6 Å². The minimum atomic E-state index is -4.04. The maximum absolute atomic E-state index is 11.6. The van der Waals surface area contributed by atoms with E-state index < -0.39 is 15.9 Å². The van der Waals surface area contributed by atoms with Gasteiger partial charge in [-0.3, -0.25) is 9.35 Å². The van der Waals surface area contributed by atoms with Gasteiger partial charge in [0.15, 0.2) is 0 Å². The molecule has 0 aliphatic heterocycles. The Labute approximate surface area is 196 Å². The fourth-order valence-electron chi connectivity index (χ4n) is 2.87. The second-order valence-electron chi connectivity index (χ2n) is 9.61. The number of phenolic OH excluding ortho intramolecular Hbond substituents is 1. The molecular weight excluding hydrogens is 454 g/mol. The molecule has 0 aliphatic rings. The van der Waals surface area contributed by atoms with Crippen LogP contribution in [0.4, 0.5) is 0 Å². The highest BCUT2D eigenvalue weighted by atomic mass is 32.2. The number of carbonyl (C=O) groups excluding carboxylic acids is 1. The normalized spacial score (nSPS) is 12.7. The Hall–Kier alpha value is -0.900. The van der Waals surface area contributed by atoms with E-state index in [0.717, 1.165) is 35.5 Å². The van der Waals surface area contributed by atoms with Crippen LogP contribution in [0.25, 0.3) is 0 Å². The maximum atomic E-state index is 11.6. The largest absolute Gasteiger partial charge is 0.507 e. The maximum Gasteiger partial charge on any atom is 0.266 e. The number of hydrogen-bond acceptors (Lipinski definition) is 6. The van der Waals surface area contributed by atoms with Crippen LogP contribution in [0.5, 0.6) is 5.75 Å². The molecule has 1 aromatic carbocycles. The molecule has 0 spiro atoms. The number of benzene rings is 1. The van der Waals surface area contributed by atoms with E-state index in [4.69, 9.17) is 4.55 Å². The van der Waals surface area contributed by atoms with Crippen LogP contribution in [-0.4, -0.2) is 53.5 Å². The minimum absolute atomic E-state index is 0.0748. The van der Waals surface area contributed by atoms with Crippen molar-refractivity contribution in [3.05, 3.63) is 23.3 Å². The lowest BCUT2D eigenvalue weighted by atomic mass is 9.79. The first-order valence-corrected chi connectivity index (χ1v) is 14.2. The van der Waals surface area contributed by atoms with Crippen LogP contribution >= 0.6 is 23.5 Å². The zero-order chi connectivity index (χ0) is 23.9. The molecule has 0 heterocycles. The van der Waals surface area contributed by atoms with Crippen LogP contribution in [0.1, 0.15) is 65.5 Å². The summed E-state index contributed by atoms with van der Waals surface area (Å²) in [5, 5.41) is 13.3. The number of rotatable bonds is 11. The molecule has 0 saturated heterocycles. The van der Waals surface area contributed by atoms with E-state index in [9.17, 15) is 18.3 Å². The molecule has 178 valence electrons. The summed E-state index contributed by atoms with van der Waals surface area (Å²) in [5.41, 5.74) is 1.66. The number of nitrogens with one attached hydrogen (secondary N) is 1. The second kappa shape index (κ2) is 11.8. The molecule has 6 nitrogen and oxygen atoms in total. The summed E-state index contributed by atoms with van der Waals surface area (Å²) in [5.74, 6) is 1.79. The molecule has 0 fully saturated rings. The molecule has 31 heavy (non-hydrogen) atoms. The van der Waals surface area contributed by atoms with E-state index >= 15 is 0 Å². The van der Waals surface area contributed by atoms with E-state index in [1.54, 1.807) is 11.8 Å². The van der Waals surface area contributed by atoms with Crippen molar-refractivity contribution in [3.63, 3.8) is 0 Å². The van der Waals surface area contributed by atoms with Crippen LogP contribution < -0.4 is 5.32 Å². The number of hydrogen-bond donors (Lipinski definition) is 3. The SMILES string of the molecule is CC(C)(C)c1cc(SCCCCSCC(=O)NCCS(=O)(=O)O)cc(C(C)(C)C)c1O. The Bertz CT molecular complexity index is 805. The first-order valence-electron chi connectivity index (χ1n) is 10.4. The van der Waals surface area contributed by atoms with Crippen molar-refractivity contribution in [2.45, 2.75) is 70.1 Å². The number of carbonyl (C=O) groups is 1. The third-order valence-electron chi connectivity index (χ3n) is 4.57. The van der Waals surface area contributed by atoms with E-state index in [0.29, 0.717) is 5.75 Å². The lowest BCUT2D eigenvalue weighted by Gasteiger charge is -2.28. The van der Waals surface area contributed by atoms with Gasteiger partial charge in [0.1, 0.15) is 5.75 Å². The van der Waals surface area contributed by atoms with Gasteiger partial charge in [-0.2, -0.15) is 20.2 Å². The summed E-state index contributed by atoms with van der Waals surface area (Å²) >= 11 is 3.30. The number of phenols is 1. The summed E-state index contributed by atoms with van der Waals surface area (Å²) < 4.78 is 29.9. The van der Waals surface area contributed by atoms with Gasteiger partial charge < -0.3 is 10.4 Å². The zero-order valence-electron chi connectivity index (χ0n) is 19.4. The quantitative estimate of drug-likeness (QED) is 0.236. The van der Waals surface area contributed by atoms with Crippen LogP contribution in [-0.2, 0) is 25.7 Å². The molecule has 0 radical (unpaired) electrons. The highest BCUT2D eigenvalue weighted by Gasteiger charge is 2.26. The molecule has 3 N–H and O–H groups in total. The second-order valence-corrected chi connectivity index (χ2v) is 13.5. The average molecular weight is 492 g/mol. The third-order valence-corrected chi connectivity index (χ3v) is 7.39. The standard InChI is InChI=1S/C22H37NO5S3/c1-21(2,3)17-13-16(14-18(20(17)25)22(4,5)6)30-11-8-7-10-29-15-19(24)23-9-12-31(26,27)28/h13-14,25H,7-12,15H2,1-6H3,(H,23,24)(H,26,27,28). The van der Waals surface area contributed by atoms with Gasteiger partial charge in [-0.15, -0.1) is 11.8 Å². The zero-order valence-corrected chi connectivity index (χ0v) is 21.9. The fourth-order valence-corrected chi connectivity index (χ4v) is 5.05. The summed E-state index contributed by atoms with van der Waals surface area (Å²) in [6.45, 7) is 12.6. The lowest BCUT2D eigenvalue weighted by Crippen LogP contribution is -2.30. The molecule has 1 amide bonds. The minimum Gasteiger partial charge on any atom is -0.507 e. The van der Waals surface area contributed by atoms with E-state index in [1.165, 1.54) is 16.7 Å². The predicted octanol–water partition coefficient (Wildman–Crippen LogP) is 4.60.